The highest BCUT2D eigenvalue weighted by molar-refractivity contribution is 8.00. The minimum atomic E-state index is 0.921. The standard InChI is InChI=1S/C40H23NOS2/c1-2-11-29-28(10-1)37-30-12-4-7-15-35(30)43-40(37)38-39(29)44-36-16-8-5-13-32(36)41(38)26-20-17-24(18-21-26)25-19-22-34-31(23-25)27-9-3-6-14-33(27)42-34/h1-23H. The Morgan fingerprint density at radius 2 is 1.20 bits per heavy atom. The van der Waals surface area contributed by atoms with Crippen LogP contribution < -0.4 is 4.90 Å². The molecule has 206 valence electrons. The van der Waals surface area contributed by atoms with E-state index in [-0.39, 0.29) is 0 Å². The van der Waals surface area contributed by atoms with E-state index in [2.05, 4.69) is 132 Å². The third-order valence-corrected chi connectivity index (χ3v) is 11.2. The van der Waals surface area contributed by atoms with Crippen LogP contribution in [0.2, 0.25) is 0 Å². The van der Waals surface area contributed by atoms with Gasteiger partial charge >= 0.3 is 0 Å². The summed E-state index contributed by atoms with van der Waals surface area (Å²) in [6.45, 7) is 0. The summed E-state index contributed by atoms with van der Waals surface area (Å²) in [6.07, 6.45) is 0. The lowest BCUT2D eigenvalue weighted by Crippen LogP contribution is -2.15. The molecule has 0 N–H and O–H groups in total. The second kappa shape index (κ2) is 9.23. The summed E-state index contributed by atoms with van der Waals surface area (Å²) in [5.74, 6) is 0. The molecular weight excluding hydrogens is 575 g/mol. The van der Waals surface area contributed by atoms with Gasteiger partial charge in [0.25, 0.3) is 0 Å². The molecule has 7 aromatic carbocycles. The first-order valence-electron chi connectivity index (χ1n) is 14.8. The monoisotopic (exact) mass is 597 g/mol. The van der Waals surface area contributed by atoms with Crippen molar-refractivity contribution < 1.29 is 4.42 Å². The van der Waals surface area contributed by atoms with Crippen molar-refractivity contribution in [3.05, 3.63) is 140 Å². The average Bonchev–Trinajstić information content (AvgIpc) is 3.66. The van der Waals surface area contributed by atoms with Crippen molar-refractivity contribution in [2.75, 3.05) is 4.90 Å². The van der Waals surface area contributed by atoms with Crippen LogP contribution in [-0.4, -0.2) is 0 Å². The number of para-hydroxylation sites is 2. The molecule has 3 heterocycles. The van der Waals surface area contributed by atoms with Crippen molar-refractivity contribution in [2.45, 2.75) is 9.79 Å². The molecule has 0 bridgehead atoms. The lowest BCUT2D eigenvalue weighted by Gasteiger charge is -2.34. The van der Waals surface area contributed by atoms with Gasteiger partial charge in [0.1, 0.15) is 11.2 Å². The maximum absolute atomic E-state index is 6.09. The van der Waals surface area contributed by atoms with Gasteiger partial charge in [0.05, 0.1) is 16.1 Å². The van der Waals surface area contributed by atoms with Crippen LogP contribution in [-0.2, 0) is 0 Å². The molecule has 0 spiro atoms. The molecule has 4 heteroatoms. The molecule has 0 saturated heterocycles. The molecular formula is C40H23NOS2. The van der Waals surface area contributed by atoms with Crippen molar-refractivity contribution in [3.63, 3.8) is 0 Å². The second-order valence-corrected chi connectivity index (χ2v) is 13.4. The number of nitrogens with zero attached hydrogens (tertiary/aromatic N) is 1. The largest absolute Gasteiger partial charge is 0.456 e. The molecule has 0 aliphatic carbocycles. The minimum absolute atomic E-state index is 0.921. The molecule has 1 aliphatic heterocycles. The van der Waals surface area contributed by atoms with Crippen molar-refractivity contribution in [2.24, 2.45) is 0 Å². The molecule has 0 radical (unpaired) electrons. The Labute approximate surface area is 261 Å². The molecule has 10 rings (SSSR count). The van der Waals surface area contributed by atoms with E-state index in [9.17, 15) is 0 Å². The quantitative estimate of drug-likeness (QED) is 0.197. The number of benzene rings is 7. The molecule has 0 saturated carbocycles. The molecule has 0 fully saturated rings. The Bertz CT molecular complexity index is 2590. The Morgan fingerprint density at radius 1 is 0.523 bits per heavy atom. The fraction of sp³-hybridized carbons (Fsp3) is 0. The van der Waals surface area contributed by atoms with Crippen molar-refractivity contribution in [1.29, 1.82) is 0 Å². The van der Waals surface area contributed by atoms with Crippen molar-refractivity contribution >= 4 is 93.0 Å². The summed E-state index contributed by atoms with van der Waals surface area (Å²) in [5, 5.41) is 7.61. The first kappa shape index (κ1) is 24.4. The van der Waals surface area contributed by atoms with Crippen LogP contribution in [0.5, 0.6) is 0 Å². The highest BCUT2D eigenvalue weighted by Gasteiger charge is 2.30. The van der Waals surface area contributed by atoms with Crippen LogP contribution in [0.3, 0.4) is 0 Å². The van der Waals surface area contributed by atoms with Crippen LogP contribution in [0, 0.1) is 0 Å². The molecule has 2 aromatic heterocycles. The van der Waals surface area contributed by atoms with Crippen molar-refractivity contribution in [1.82, 2.24) is 0 Å². The lowest BCUT2D eigenvalue weighted by atomic mass is 10.0. The predicted molar refractivity (Wildman–Crippen MR) is 188 cm³/mol. The summed E-state index contributed by atoms with van der Waals surface area (Å²) >= 11 is 3.80. The van der Waals surface area contributed by atoms with Gasteiger partial charge in [-0.2, -0.15) is 0 Å². The van der Waals surface area contributed by atoms with Crippen LogP contribution in [0.4, 0.5) is 17.1 Å². The van der Waals surface area contributed by atoms with Gasteiger partial charge in [-0.05, 0) is 70.4 Å². The second-order valence-electron chi connectivity index (χ2n) is 11.3. The van der Waals surface area contributed by atoms with Crippen molar-refractivity contribution in [3.8, 4) is 11.1 Å². The SMILES string of the molecule is c1ccc2c(c1)Sc1c(c3sc4ccccc4c3c3ccccc13)N2c1ccc(-c2ccc3oc4ccccc4c3c2)cc1. The molecule has 0 amide bonds. The molecule has 2 nitrogen and oxygen atoms in total. The summed E-state index contributed by atoms with van der Waals surface area (Å²) in [4.78, 5) is 5.08. The van der Waals surface area contributed by atoms with E-state index in [0.29, 0.717) is 0 Å². The van der Waals surface area contributed by atoms with Crippen LogP contribution in [0.1, 0.15) is 0 Å². The van der Waals surface area contributed by atoms with Gasteiger partial charge in [-0.1, -0.05) is 103 Å². The number of hydrogen-bond donors (Lipinski definition) is 0. The van der Waals surface area contributed by atoms with E-state index < -0.39 is 0 Å². The number of rotatable bonds is 2. The number of furan rings is 1. The third-order valence-electron chi connectivity index (χ3n) is 8.84. The predicted octanol–water partition coefficient (Wildman–Crippen LogP) is 12.7. The van der Waals surface area contributed by atoms with Gasteiger partial charge < -0.3 is 9.32 Å². The zero-order valence-corrected chi connectivity index (χ0v) is 25.1. The average molecular weight is 598 g/mol. The van der Waals surface area contributed by atoms with Crippen LogP contribution in [0.15, 0.2) is 154 Å². The molecule has 0 unspecified atom stereocenters. The maximum atomic E-state index is 6.09. The highest BCUT2D eigenvalue weighted by atomic mass is 32.2. The number of thiophene rings is 1. The Morgan fingerprint density at radius 3 is 2.09 bits per heavy atom. The normalized spacial score (nSPS) is 12.9. The first-order valence-corrected chi connectivity index (χ1v) is 16.4. The van der Waals surface area contributed by atoms with E-state index in [0.717, 1.165) is 27.6 Å². The third kappa shape index (κ3) is 3.44. The van der Waals surface area contributed by atoms with E-state index in [1.54, 1.807) is 0 Å². The van der Waals surface area contributed by atoms with Crippen LogP contribution >= 0.6 is 23.1 Å². The smallest absolute Gasteiger partial charge is 0.135 e. The minimum Gasteiger partial charge on any atom is -0.456 e. The van der Waals surface area contributed by atoms with E-state index >= 15 is 0 Å². The molecule has 0 atom stereocenters. The fourth-order valence-corrected chi connectivity index (χ4v) is 9.38. The topological polar surface area (TPSA) is 16.4 Å². The zero-order valence-electron chi connectivity index (χ0n) is 23.5. The summed E-state index contributed by atoms with van der Waals surface area (Å²) in [5.41, 5.74) is 7.88. The fourth-order valence-electron chi connectivity index (χ4n) is 6.85. The number of hydrogen-bond acceptors (Lipinski definition) is 4. The van der Waals surface area contributed by atoms with E-state index in [4.69, 9.17) is 4.42 Å². The summed E-state index contributed by atoms with van der Waals surface area (Å²) in [7, 11) is 0. The molecule has 1 aliphatic rings. The van der Waals surface area contributed by atoms with E-state index in [1.165, 1.54) is 63.2 Å². The molecule has 9 aromatic rings. The van der Waals surface area contributed by atoms with Gasteiger partial charge in [0, 0.05) is 41.7 Å². The molecule has 44 heavy (non-hydrogen) atoms. The lowest BCUT2D eigenvalue weighted by molar-refractivity contribution is 0.669. The van der Waals surface area contributed by atoms with Gasteiger partial charge in [0.2, 0.25) is 0 Å². The Balaban J connectivity index is 1.20. The number of fused-ring (bicyclic) bond motifs is 12. The zero-order chi connectivity index (χ0) is 28.8. The van der Waals surface area contributed by atoms with E-state index in [1.807, 2.05) is 35.2 Å². The summed E-state index contributed by atoms with van der Waals surface area (Å²) < 4.78 is 8.75. The first-order chi connectivity index (χ1) is 21.8. The Hall–Kier alpha value is -5.03. The van der Waals surface area contributed by atoms with Gasteiger partial charge in [-0.3, -0.25) is 0 Å². The summed E-state index contributed by atoms with van der Waals surface area (Å²) in [6, 6.07) is 50.4. The number of anilines is 3. The maximum Gasteiger partial charge on any atom is 0.135 e. The highest BCUT2D eigenvalue weighted by Crippen LogP contribution is 2.58. The van der Waals surface area contributed by atoms with Gasteiger partial charge in [-0.25, -0.2) is 0 Å². The van der Waals surface area contributed by atoms with Gasteiger partial charge in [-0.15, -0.1) is 11.3 Å². The van der Waals surface area contributed by atoms with Crippen LogP contribution in [0.25, 0.3) is 64.0 Å². The Kier molecular flexibility index (Phi) is 5.12. The van der Waals surface area contributed by atoms with Gasteiger partial charge in [0.15, 0.2) is 0 Å².